The molecule has 3 aromatic rings. The van der Waals surface area contributed by atoms with Crippen LogP contribution in [0.25, 0.3) is 0 Å². The number of benzene rings is 1. The van der Waals surface area contributed by atoms with Gasteiger partial charge in [0.05, 0.1) is 16.7 Å². The molecular formula is C30H36N8O3. The maximum atomic E-state index is 14.2. The fraction of sp³-hybridized carbons (Fsp3) is 0.467. The fourth-order valence-corrected chi connectivity index (χ4v) is 6.34. The van der Waals surface area contributed by atoms with Crippen molar-refractivity contribution in [2.24, 2.45) is 11.1 Å². The van der Waals surface area contributed by atoms with Crippen LogP contribution in [0.5, 0.6) is 0 Å². The van der Waals surface area contributed by atoms with E-state index in [1.54, 1.807) is 4.68 Å². The standard InChI is InChI=1S/C30H36N8O3/c31-26(39)23-17-21-8-4-9-24(21)33-27(23)37-14-10-30(11-15-37)18-22-19-38(36-35-22)13-5-12-32-28(40)25(34-29(30)41)16-20-6-2-1-3-7-20/h1-3,6-7,17,19,25H,4-5,8-16,18H2,(H2,31,39)(H,32,40)(H,34,41)/t25-/m0/s1. The molecule has 3 amide bonds. The molecule has 11 heteroatoms. The molecule has 1 atom stereocenters. The summed E-state index contributed by atoms with van der Waals surface area (Å²) in [4.78, 5) is 46.8. The third kappa shape index (κ3) is 5.66. The molecule has 1 spiro atoms. The molecule has 4 N–H and O–H groups in total. The topological polar surface area (TPSA) is 148 Å². The number of pyridine rings is 1. The number of hydrogen-bond acceptors (Lipinski definition) is 7. The van der Waals surface area contributed by atoms with Crippen LogP contribution in [-0.2, 0) is 41.8 Å². The third-order valence-electron chi connectivity index (χ3n) is 8.67. The summed E-state index contributed by atoms with van der Waals surface area (Å²) in [5.74, 6) is -0.251. The Bertz CT molecular complexity index is 1450. The second-order valence-electron chi connectivity index (χ2n) is 11.5. The number of carbonyl (C=O) groups excluding carboxylic acids is 3. The highest BCUT2D eigenvalue weighted by atomic mass is 16.2. The molecule has 1 aliphatic carbocycles. The number of primary amides is 1. The number of anilines is 1. The lowest BCUT2D eigenvalue weighted by Gasteiger charge is -2.41. The van der Waals surface area contributed by atoms with Gasteiger partial charge in [0.15, 0.2) is 0 Å². The third-order valence-corrected chi connectivity index (χ3v) is 8.67. The summed E-state index contributed by atoms with van der Waals surface area (Å²) in [5, 5.41) is 14.7. The molecule has 4 heterocycles. The van der Waals surface area contributed by atoms with Crippen LogP contribution in [0.2, 0.25) is 0 Å². The Morgan fingerprint density at radius 2 is 1.88 bits per heavy atom. The summed E-state index contributed by atoms with van der Waals surface area (Å²) < 4.78 is 1.77. The first kappa shape index (κ1) is 26.9. The lowest BCUT2D eigenvalue weighted by Crippen LogP contribution is -2.56. The van der Waals surface area contributed by atoms with Gasteiger partial charge in [-0.25, -0.2) is 4.98 Å². The van der Waals surface area contributed by atoms with Crippen LogP contribution >= 0.6 is 0 Å². The number of fused-ring (bicyclic) bond motifs is 3. The van der Waals surface area contributed by atoms with Gasteiger partial charge >= 0.3 is 0 Å². The Hall–Kier alpha value is -4.28. The number of nitrogens with two attached hydrogens (primary N) is 1. The minimum Gasteiger partial charge on any atom is -0.365 e. The molecule has 2 aromatic heterocycles. The van der Waals surface area contributed by atoms with E-state index < -0.39 is 17.4 Å². The Morgan fingerprint density at radius 3 is 2.66 bits per heavy atom. The van der Waals surface area contributed by atoms with Crippen LogP contribution in [0.3, 0.4) is 0 Å². The molecule has 1 aromatic carbocycles. The summed E-state index contributed by atoms with van der Waals surface area (Å²) in [6.45, 7) is 2.14. The van der Waals surface area contributed by atoms with Crippen LogP contribution in [0, 0.1) is 5.41 Å². The summed E-state index contributed by atoms with van der Waals surface area (Å²) in [7, 11) is 0. The molecule has 2 aliphatic heterocycles. The lowest BCUT2D eigenvalue weighted by atomic mass is 9.73. The maximum absolute atomic E-state index is 14.2. The molecule has 0 saturated carbocycles. The minimum atomic E-state index is -0.801. The van der Waals surface area contributed by atoms with Crippen molar-refractivity contribution in [3.05, 3.63) is 70.7 Å². The van der Waals surface area contributed by atoms with E-state index >= 15 is 0 Å². The lowest BCUT2D eigenvalue weighted by molar-refractivity contribution is -0.136. The zero-order valence-electron chi connectivity index (χ0n) is 23.1. The summed E-state index contributed by atoms with van der Waals surface area (Å²) in [5.41, 5.74) is 9.25. The van der Waals surface area contributed by atoms with Crippen molar-refractivity contribution in [3.8, 4) is 0 Å². The molecule has 0 radical (unpaired) electrons. The number of rotatable bonds is 4. The Kier molecular flexibility index (Phi) is 7.42. The van der Waals surface area contributed by atoms with Crippen molar-refractivity contribution < 1.29 is 14.4 Å². The van der Waals surface area contributed by atoms with Gasteiger partial charge < -0.3 is 21.3 Å². The van der Waals surface area contributed by atoms with Gasteiger partial charge in [-0.15, -0.1) is 5.10 Å². The van der Waals surface area contributed by atoms with Gasteiger partial charge in [0, 0.05) is 50.9 Å². The van der Waals surface area contributed by atoms with Gasteiger partial charge in [0.1, 0.15) is 11.9 Å². The molecule has 6 rings (SSSR count). The van der Waals surface area contributed by atoms with Crippen molar-refractivity contribution in [2.75, 3.05) is 24.5 Å². The highest BCUT2D eigenvalue weighted by Crippen LogP contribution is 2.38. The second kappa shape index (κ2) is 11.3. The van der Waals surface area contributed by atoms with E-state index in [1.165, 1.54) is 0 Å². The van der Waals surface area contributed by atoms with Crippen LogP contribution in [-0.4, -0.2) is 63.4 Å². The van der Waals surface area contributed by atoms with Gasteiger partial charge in [-0.05, 0) is 55.7 Å². The van der Waals surface area contributed by atoms with E-state index in [2.05, 4.69) is 25.8 Å². The summed E-state index contributed by atoms with van der Waals surface area (Å²) in [6, 6.07) is 10.9. The van der Waals surface area contributed by atoms with Crippen molar-refractivity contribution in [3.63, 3.8) is 0 Å². The fourth-order valence-electron chi connectivity index (χ4n) is 6.34. The van der Waals surface area contributed by atoms with Crippen molar-refractivity contribution in [2.45, 2.75) is 64.0 Å². The number of piperidine rings is 1. The minimum absolute atomic E-state index is 0.168. The highest BCUT2D eigenvalue weighted by Gasteiger charge is 2.44. The number of aryl methyl sites for hydroxylation is 3. The zero-order valence-corrected chi connectivity index (χ0v) is 23.1. The van der Waals surface area contributed by atoms with E-state index in [9.17, 15) is 14.4 Å². The van der Waals surface area contributed by atoms with Crippen LogP contribution in [0.1, 0.15) is 58.6 Å². The first-order valence-electron chi connectivity index (χ1n) is 14.5. The average molecular weight is 557 g/mol. The number of nitrogens with zero attached hydrogens (tertiary/aromatic N) is 5. The van der Waals surface area contributed by atoms with E-state index in [0.717, 1.165) is 41.8 Å². The van der Waals surface area contributed by atoms with Gasteiger partial charge in [-0.3, -0.25) is 19.1 Å². The number of hydrogen-bond donors (Lipinski definition) is 3. The number of aromatic nitrogens is 4. The molecule has 0 unspecified atom stereocenters. The van der Waals surface area contributed by atoms with E-state index in [0.29, 0.717) is 69.7 Å². The summed E-state index contributed by atoms with van der Waals surface area (Å²) in [6.07, 6.45) is 7.23. The van der Waals surface area contributed by atoms with Gasteiger partial charge in [0.25, 0.3) is 5.91 Å². The molecule has 2 bridgehead atoms. The number of nitrogens with one attached hydrogen (secondary N) is 2. The zero-order chi connectivity index (χ0) is 28.4. The van der Waals surface area contributed by atoms with Crippen molar-refractivity contribution >= 4 is 23.5 Å². The Labute approximate surface area is 238 Å². The van der Waals surface area contributed by atoms with Crippen LogP contribution < -0.4 is 21.3 Å². The van der Waals surface area contributed by atoms with Gasteiger partial charge in [0.2, 0.25) is 11.8 Å². The van der Waals surface area contributed by atoms with Crippen molar-refractivity contribution in [1.82, 2.24) is 30.6 Å². The predicted octanol–water partition coefficient (Wildman–Crippen LogP) is 1.34. The van der Waals surface area contributed by atoms with Crippen LogP contribution in [0.15, 0.2) is 42.6 Å². The van der Waals surface area contributed by atoms with E-state index in [1.807, 2.05) is 42.6 Å². The second-order valence-corrected chi connectivity index (χ2v) is 11.5. The molecule has 1 fully saturated rings. The maximum Gasteiger partial charge on any atom is 0.252 e. The predicted molar refractivity (Wildman–Crippen MR) is 152 cm³/mol. The molecule has 1 saturated heterocycles. The normalized spacial score (nSPS) is 20.8. The SMILES string of the molecule is NC(=O)c1cc2c(nc1N1CCC3(CC1)Cc1cn(nn1)CCCNC(=O)[C@H](Cc1ccccc1)NC3=O)CCC2. The quantitative estimate of drug-likeness (QED) is 0.439. The van der Waals surface area contributed by atoms with Crippen LogP contribution in [0.4, 0.5) is 5.82 Å². The average Bonchev–Trinajstić information content (AvgIpc) is 3.63. The smallest absolute Gasteiger partial charge is 0.252 e. The van der Waals surface area contributed by atoms with Gasteiger partial charge in [-0.2, -0.15) is 0 Å². The largest absolute Gasteiger partial charge is 0.365 e. The first-order chi connectivity index (χ1) is 19.9. The molecule has 214 valence electrons. The summed E-state index contributed by atoms with van der Waals surface area (Å²) >= 11 is 0. The first-order valence-corrected chi connectivity index (χ1v) is 14.5. The van der Waals surface area contributed by atoms with Gasteiger partial charge in [-0.1, -0.05) is 35.5 Å². The number of carbonyl (C=O) groups is 3. The monoisotopic (exact) mass is 556 g/mol. The van der Waals surface area contributed by atoms with Crippen molar-refractivity contribution in [1.29, 1.82) is 0 Å². The highest BCUT2D eigenvalue weighted by molar-refractivity contribution is 5.98. The molecular weight excluding hydrogens is 520 g/mol. The number of amides is 3. The van der Waals surface area contributed by atoms with E-state index in [4.69, 9.17) is 10.7 Å². The molecule has 11 nitrogen and oxygen atoms in total. The molecule has 41 heavy (non-hydrogen) atoms. The Balaban J connectivity index is 1.28. The van der Waals surface area contributed by atoms with E-state index in [-0.39, 0.29) is 11.8 Å². The molecule has 3 aliphatic rings. The Morgan fingerprint density at radius 1 is 1.07 bits per heavy atom.